The van der Waals surface area contributed by atoms with Gasteiger partial charge in [-0.1, -0.05) is 11.8 Å². The van der Waals surface area contributed by atoms with Crippen molar-refractivity contribution in [3.05, 3.63) is 58.1 Å². The Labute approximate surface area is 140 Å². The molecular formula is C15H13F2N3O3S. The average Bonchev–Trinajstić information content (AvgIpc) is 2.55. The summed E-state index contributed by atoms with van der Waals surface area (Å²) in [5.74, 6) is -3.05. The highest BCUT2D eigenvalue weighted by molar-refractivity contribution is 7.99. The molecule has 2 rings (SSSR count). The fourth-order valence-corrected chi connectivity index (χ4v) is 2.46. The molecule has 0 heterocycles. The maximum atomic E-state index is 12.3. The molecule has 2 N–H and O–H groups in total. The van der Waals surface area contributed by atoms with Crippen molar-refractivity contribution in [2.75, 3.05) is 17.7 Å². The van der Waals surface area contributed by atoms with E-state index in [9.17, 15) is 23.7 Å². The largest absolute Gasteiger partial charge is 0.383 e. The SMILES string of the molecule is CNc1ccc(C(=O)Nc2ccc(SC(F)F)cc2)cc1[N+](=O)[O-]. The van der Waals surface area contributed by atoms with Crippen LogP contribution in [-0.2, 0) is 0 Å². The van der Waals surface area contributed by atoms with Gasteiger partial charge in [-0.05, 0) is 36.4 Å². The van der Waals surface area contributed by atoms with Crippen molar-refractivity contribution in [2.24, 2.45) is 0 Å². The maximum Gasteiger partial charge on any atom is 0.293 e. The van der Waals surface area contributed by atoms with Gasteiger partial charge in [0.05, 0.1) is 4.92 Å². The lowest BCUT2D eigenvalue weighted by molar-refractivity contribution is -0.384. The number of hydrogen-bond acceptors (Lipinski definition) is 5. The van der Waals surface area contributed by atoms with Crippen LogP contribution in [0.1, 0.15) is 10.4 Å². The van der Waals surface area contributed by atoms with Gasteiger partial charge in [-0.3, -0.25) is 14.9 Å². The van der Waals surface area contributed by atoms with Crippen molar-refractivity contribution in [1.82, 2.24) is 0 Å². The Bertz CT molecular complexity index is 754. The molecule has 126 valence electrons. The minimum absolute atomic E-state index is 0.117. The Balaban J connectivity index is 2.15. The van der Waals surface area contributed by atoms with E-state index in [1.54, 1.807) is 7.05 Å². The lowest BCUT2D eigenvalue weighted by atomic mass is 10.1. The predicted octanol–water partition coefficient (Wildman–Crippen LogP) is 4.20. The summed E-state index contributed by atoms with van der Waals surface area (Å²) in [6, 6.07) is 9.95. The zero-order valence-corrected chi connectivity index (χ0v) is 13.3. The van der Waals surface area contributed by atoms with Crippen LogP contribution in [0.3, 0.4) is 0 Å². The normalized spacial score (nSPS) is 10.5. The monoisotopic (exact) mass is 353 g/mol. The van der Waals surface area contributed by atoms with Crippen LogP contribution in [0, 0.1) is 10.1 Å². The first kappa shape index (κ1) is 17.7. The number of hydrogen-bond donors (Lipinski definition) is 2. The second-order valence-corrected chi connectivity index (χ2v) is 5.66. The summed E-state index contributed by atoms with van der Waals surface area (Å²) in [4.78, 5) is 23.0. The number of nitro benzene ring substituents is 1. The van der Waals surface area contributed by atoms with Crippen LogP contribution in [0.4, 0.5) is 25.8 Å². The Morgan fingerprint density at radius 2 is 1.88 bits per heavy atom. The van der Waals surface area contributed by atoms with Gasteiger partial charge in [0.2, 0.25) is 0 Å². The van der Waals surface area contributed by atoms with Crippen LogP contribution < -0.4 is 10.6 Å². The number of carbonyl (C=O) groups is 1. The number of carbonyl (C=O) groups excluding carboxylic acids is 1. The highest BCUT2D eigenvalue weighted by atomic mass is 32.2. The van der Waals surface area contributed by atoms with E-state index in [1.807, 2.05) is 0 Å². The highest BCUT2D eigenvalue weighted by Gasteiger charge is 2.17. The lowest BCUT2D eigenvalue weighted by Crippen LogP contribution is -2.12. The van der Waals surface area contributed by atoms with Gasteiger partial charge < -0.3 is 10.6 Å². The Kier molecular flexibility index (Phi) is 5.69. The zero-order valence-electron chi connectivity index (χ0n) is 12.5. The second kappa shape index (κ2) is 7.73. The van der Waals surface area contributed by atoms with E-state index in [1.165, 1.54) is 42.5 Å². The number of alkyl halides is 2. The fraction of sp³-hybridized carbons (Fsp3) is 0.133. The Morgan fingerprint density at radius 1 is 1.21 bits per heavy atom. The van der Waals surface area contributed by atoms with Gasteiger partial charge in [0.25, 0.3) is 17.4 Å². The molecule has 1 amide bonds. The molecule has 24 heavy (non-hydrogen) atoms. The highest BCUT2D eigenvalue weighted by Crippen LogP contribution is 2.27. The summed E-state index contributed by atoms with van der Waals surface area (Å²) in [6.07, 6.45) is 0. The molecule has 0 saturated carbocycles. The van der Waals surface area contributed by atoms with Crippen LogP contribution in [0.15, 0.2) is 47.4 Å². The van der Waals surface area contributed by atoms with Crippen molar-refractivity contribution >= 4 is 34.7 Å². The molecule has 0 bridgehead atoms. The molecule has 0 fully saturated rings. The van der Waals surface area contributed by atoms with Crippen LogP contribution in [0.25, 0.3) is 0 Å². The number of nitrogens with zero attached hydrogens (tertiary/aromatic N) is 1. The third-order valence-corrected chi connectivity index (χ3v) is 3.79. The maximum absolute atomic E-state index is 12.3. The molecule has 0 aliphatic carbocycles. The minimum atomic E-state index is -2.52. The topological polar surface area (TPSA) is 84.3 Å². The van der Waals surface area contributed by atoms with Crippen LogP contribution in [-0.4, -0.2) is 23.6 Å². The number of amides is 1. The van der Waals surface area contributed by atoms with E-state index >= 15 is 0 Å². The first-order valence-electron chi connectivity index (χ1n) is 6.73. The summed E-state index contributed by atoms with van der Waals surface area (Å²) in [5.41, 5.74) is 0.601. The second-order valence-electron chi connectivity index (χ2n) is 4.60. The average molecular weight is 353 g/mol. The van der Waals surface area contributed by atoms with Crippen LogP contribution >= 0.6 is 11.8 Å². The predicted molar refractivity (Wildman–Crippen MR) is 88.9 cm³/mol. The summed E-state index contributed by atoms with van der Waals surface area (Å²) in [7, 11) is 1.54. The standard InChI is InChI=1S/C15H13F2N3O3S/c1-18-12-7-2-9(8-13(12)20(22)23)14(21)19-10-3-5-11(6-4-10)24-15(16)17/h2-8,15,18H,1H3,(H,19,21). The quantitative estimate of drug-likeness (QED) is 0.462. The van der Waals surface area contributed by atoms with E-state index in [2.05, 4.69) is 10.6 Å². The smallest absolute Gasteiger partial charge is 0.293 e. The van der Waals surface area contributed by atoms with Gasteiger partial charge in [0.15, 0.2) is 0 Å². The first-order chi connectivity index (χ1) is 11.4. The number of nitrogens with one attached hydrogen (secondary N) is 2. The van der Waals surface area contributed by atoms with Gasteiger partial charge >= 0.3 is 0 Å². The summed E-state index contributed by atoms with van der Waals surface area (Å²) >= 11 is 0.404. The number of rotatable bonds is 6. The lowest BCUT2D eigenvalue weighted by Gasteiger charge is -2.08. The number of halogens is 2. The van der Waals surface area contributed by atoms with Gasteiger partial charge in [0.1, 0.15) is 5.69 Å². The molecule has 0 spiro atoms. The van der Waals surface area contributed by atoms with E-state index in [-0.39, 0.29) is 11.3 Å². The number of thioether (sulfide) groups is 1. The van der Waals surface area contributed by atoms with Crippen LogP contribution in [0.5, 0.6) is 0 Å². The van der Waals surface area contributed by atoms with Crippen molar-refractivity contribution < 1.29 is 18.5 Å². The zero-order chi connectivity index (χ0) is 17.7. The van der Waals surface area contributed by atoms with E-state index in [0.717, 1.165) is 0 Å². The minimum Gasteiger partial charge on any atom is -0.383 e. The number of nitro groups is 1. The molecule has 9 heteroatoms. The Morgan fingerprint density at radius 3 is 2.42 bits per heavy atom. The van der Waals surface area contributed by atoms with Crippen molar-refractivity contribution in [2.45, 2.75) is 10.7 Å². The van der Waals surface area contributed by atoms with Crippen molar-refractivity contribution in [3.8, 4) is 0 Å². The van der Waals surface area contributed by atoms with E-state index < -0.39 is 16.6 Å². The molecule has 0 saturated heterocycles. The van der Waals surface area contributed by atoms with E-state index in [0.29, 0.717) is 28.0 Å². The first-order valence-corrected chi connectivity index (χ1v) is 7.61. The molecule has 0 radical (unpaired) electrons. The molecule has 0 aliphatic rings. The van der Waals surface area contributed by atoms with E-state index in [4.69, 9.17) is 0 Å². The van der Waals surface area contributed by atoms with Crippen molar-refractivity contribution in [3.63, 3.8) is 0 Å². The van der Waals surface area contributed by atoms with Gasteiger partial charge in [0, 0.05) is 29.3 Å². The molecule has 2 aromatic rings. The molecule has 0 aromatic heterocycles. The van der Waals surface area contributed by atoms with Gasteiger partial charge in [-0.25, -0.2) is 0 Å². The van der Waals surface area contributed by atoms with Crippen molar-refractivity contribution in [1.29, 1.82) is 0 Å². The summed E-state index contributed by atoms with van der Waals surface area (Å²) in [5, 5.41) is 16.3. The molecule has 0 aliphatic heterocycles. The summed E-state index contributed by atoms with van der Waals surface area (Å²) < 4.78 is 24.5. The molecule has 0 atom stereocenters. The molecule has 0 unspecified atom stereocenters. The third-order valence-electron chi connectivity index (χ3n) is 3.06. The molecule has 2 aromatic carbocycles. The molecular weight excluding hydrogens is 340 g/mol. The Hall–Kier alpha value is -2.68. The number of anilines is 2. The van der Waals surface area contributed by atoms with Gasteiger partial charge in [-0.15, -0.1) is 0 Å². The van der Waals surface area contributed by atoms with Gasteiger partial charge in [-0.2, -0.15) is 8.78 Å². The fourth-order valence-electron chi connectivity index (χ4n) is 1.96. The number of benzene rings is 2. The molecule has 6 nitrogen and oxygen atoms in total. The van der Waals surface area contributed by atoms with Crippen LogP contribution in [0.2, 0.25) is 0 Å². The summed E-state index contributed by atoms with van der Waals surface area (Å²) in [6.45, 7) is 0. The third kappa shape index (κ3) is 4.42.